The standard InChI is InChI=1S/C21H24FN5S/c22-19-17(5-4-8-23-19)15-13-18-20(24-14-15)25-21(28-18)27-11-6-16(7-12-27)26-9-2-1-3-10-26/h4-5,8,13-14,16H,1-3,6-7,9-12H2. The van der Waals surface area contributed by atoms with E-state index < -0.39 is 5.95 Å². The fraction of sp³-hybridized carbons (Fsp3) is 0.476. The van der Waals surface area contributed by atoms with Crippen LogP contribution in [0.5, 0.6) is 0 Å². The van der Waals surface area contributed by atoms with Crippen molar-refractivity contribution < 1.29 is 4.39 Å². The minimum absolute atomic E-state index is 0.465. The summed E-state index contributed by atoms with van der Waals surface area (Å²) in [7, 11) is 0. The molecule has 0 amide bonds. The Balaban J connectivity index is 1.32. The van der Waals surface area contributed by atoms with Crippen molar-refractivity contribution in [1.82, 2.24) is 19.9 Å². The van der Waals surface area contributed by atoms with Crippen LogP contribution >= 0.6 is 11.3 Å². The normalized spacial score (nSPS) is 19.4. The van der Waals surface area contributed by atoms with E-state index in [4.69, 9.17) is 4.98 Å². The average Bonchev–Trinajstić information content (AvgIpc) is 3.18. The van der Waals surface area contributed by atoms with Gasteiger partial charge in [0.15, 0.2) is 10.8 Å². The van der Waals surface area contributed by atoms with Crippen molar-refractivity contribution in [3.05, 3.63) is 36.5 Å². The van der Waals surface area contributed by atoms with Crippen molar-refractivity contribution in [3.8, 4) is 11.1 Å². The molecular formula is C21H24FN5S. The summed E-state index contributed by atoms with van der Waals surface area (Å²) in [6, 6.07) is 6.18. The monoisotopic (exact) mass is 397 g/mol. The molecule has 0 aromatic carbocycles. The number of hydrogen-bond donors (Lipinski definition) is 0. The second kappa shape index (κ2) is 7.72. The van der Waals surface area contributed by atoms with Crippen molar-refractivity contribution in [3.63, 3.8) is 0 Å². The van der Waals surface area contributed by atoms with Gasteiger partial charge in [0.1, 0.15) is 0 Å². The van der Waals surface area contributed by atoms with Crippen molar-refractivity contribution >= 4 is 26.8 Å². The maximum atomic E-state index is 14.0. The number of aromatic nitrogens is 3. The molecule has 0 atom stereocenters. The lowest BCUT2D eigenvalue weighted by molar-refractivity contribution is 0.141. The second-order valence-electron chi connectivity index (χ2n) is 7.70. The summed E-state index contributed by atoms with van der Waals surface area (Å²) in [5.41, 5.74) is 1.97. The van der Waals surface area contributed by atoms with E-state index in [0.717, 1.165) is 40.2 Å². The highest BCUT2D eigenvalue weighted by atomic mass is 32.1. The van der Waals surface area contributed by atoms with E-state index in [2.05, 4.69) is 19.8 Å². The fourth-order valence-electron chi connectivity index (χ4n) is 4.40. The molecule has 0 saturated carbocycles. The molecule has 3 aromatic rings. The predicted molar refractivity (Wildman–Crippen MR) is 111 cm³/mol. The molecule has 7 heteroatoms. The Morgan fingerprint density at radius 1 is 1.04 bits per heavy atom. The van der Waals surface area contributed by atoms with E-state index in [-0.39, 0.29) is 0 Å². The molecule has 5 rings (SSSR count). The Bertz CT molecular complexity index is 960. The highest BCUT2D eigenvalue weighted by molar-refractivity contribution is 7.22. The molecule has 5 heterocycles. The van der Waals surface area contributed by atoms with E-state index in [1.165, 1.54) is 51.4 Å². The van der Waals surface area contributed by atoms with E-state index >= 15 is 0 Å². The summed E-state index contributed by atoms with van der Waals surface area (Å²) in [5.74, 6) is -0.465. The van der Waals surface area contributed by atoms with Gasteiger partial charge in [0.05, 0.1) is 4.70 Å². The summed E-state index contributed by atoms with van der Waals surface area (Å²) in [6.45, 7) is 4.63. The van der Waals surface area contributed by atoms with Gasteiger partial charge in [-0.1, -0.05) is 17.8 Å². The third-order valence-electron chi connectivity index (χ3n) is 5.95. The van der Waals surface area contributed by atoms with Crippen molar-refractivity contribution in [2.24, 2.45) is 0 Å². The summed E-state index contributed by atoms with van der Waals surface area (Å²) in [6.07, 6.45) is 9.65. The first-order chi connectivity index (χ1) is 13.8. The fourth-order valence-corrected chi connectivity index (χ4v) is 5.41. The van der Waals surface area contributed by atoms with Crippen LogP contribution in [0.1, 0.15) is 32.1 Å². The number of anilines is 1. The summed E-state index contributed by atoms with van der Waals surface area (Å²) < 4.78 is 15.0. The van der Waals surface area contributed by atoms with Crippen LogP contribution in [0.15, 0.2) is 30.6 Å². The number of likely N-dealkylation sites (tertiary alicyclic amines) is 1. The molecule has 146 valence electrons. The van der Waals surface area contributed by atoms with Crippen LogP contribution < -0.4 is 4.90 Å². The van der Waals surface area contributed by atoms with Gasteiger partial charge in [0, 0.05) is 42.7 Å². The zero-order valence-corrected chi connectivity index (χ0v) is 16.7. The molecule has 3 aromatic heterocycles. The highest BCUT2D eigenvalue weighted by Crippen LogP contribution is 2.33. The maximum absolute atomic E-state index is 14.0. The van der Waals surface area contributed by atoms with Gasteiger partial charge in [-0.2, -0.15) is 9.37 Å². The molecule has 0 bridgehead atoms. The van der Waals surface area contributed by atoms with Gasteiger partial charge in [-0.15, -0.1) is 0 Å². The van der Waals surface area contributed by atoms with Crippen LogP contribution in [0.4, 0.5) is 9.52 Å². The van der Waals surface area contributed by atoms with Gasteiger partial charge < -0.3 is 9.80 Å². The van der Waals surface area contributed by atoms with Crippen LogP contribution in [0.3, 0.4) is 0 Å². The van der Waals surface area contributed by atoms with Gasteiger partial charge in [-0.3, -0.25) is 0 Å². The number of fused-ring (bicyclic) bond motifs is 1. The van der Waals surface area contributed by atoms with Gasteiger partial charge in [-0.05, 0) is 57.0 Å². The SMILES string of the molecule is Fc1ncccc1-c1cnc2nc(N3CCC(N4CCCCC4)CC3)sc2c1. The second-order valence-corrected chi connectivity index (χ2v) is 8.71. The number of pyridine rings is 2. The Morgan fingerprint density at radius 3 is 2.64 bits per heavy atom. The number of rotatable bonds is 3. The number of thiazole rings is 1. The highest BCUT2D eigenvalue weighted by Gasteiger charge is 2.27. The topological polar surface area (TPSA) is 45.2 Å². The van der Waals surface area contributed by atoms with Gasteiger partial charge in [-0.25, -0.2) is 9.97 Å². The Kier molecular flexibility index (Phi) is 4.94. The molecule has 2 fully saturated rings. The molecule has 0 spiro atoms. The summed E-state index contributed by atoms with van der Waals surface area (Å²) in [5, 5.41) is 1.03. The molecule has 2 saturated heterocycles. The first-order valence-electron chi connectivity index (χ1n) is 10.1. The minimum atomic E-state index is -0.465. The van der Waals surface area contributed by atoms with Gasteiger partial charge in [0.2, 0.25) is 5.95 Å². The molecule has 5 nitrogen and oxygen atoms in total. The molecule has 0 aliphatic carbocycles. The predicted octanol–water partition coefficient (Wildman–Crippen LogP) is 4.35. The van der Waals surface area contributed by atoms with Crippen LogP contribution in [-0.2, 0) is 0 Å². The number of nitrogens with zero attached hydrogens (tertiary/aromatic N) is 5. The molecular weight excluding hydrogens is 373 g/mol. The van der Waals surface area contributed by atoms with Crippen LogP contribution in [0, 0.1) is 5.95 Å². The van der Waals surface area contributed by atoms with Crippen LogP contribution in [0.25, 0.3) is 21.5 Å². The lowest BCUT2D eigenvalue weighted by Crippen LogP contribution is -2.46. The Labute approximate surface area is 168 Å². The maximum Gasteiger partial charge on any atom is 0.220 e. The Hall–Kier alpha value is -2.12. The number of piperidine rings is 2. The van der Waals surface area contributed by atoms with Crippen molar-refractivity contribution in [1.29, 1.82) is 0 Å². The van der Waals surface area contributed by atoms with E-state index in [0.29, 0.717) is 5.56 Å². The lowest BCUT2D eigenvalue weighted by Gasteiger charge is -2.40. The van der Waals surface area contributed by atoms with E-state index in [1.54, 1.807) is 29.7 Å². The quantitative estimate of drug-likeness (QED) is 0.615. The molecule has 2 aliphatic heterocycles. The third kappa shape index (κ3) is 3.49. The van der Waals surface area contributed by atoms with Crippen molar-refractivity contribution in [2.45, 2.75) is 38.1 Å². The lowest BCUT2D eigenvalue weighted by atomic mass is 10.0. The zero-order chi connectivity index (χ0) is 18.9. The van der Waals surface area contributed by atoms with Crippen LogP contribution in [-0.4, -0.2) is 52.1 Å². The first-order valence-corrected chi connectivity index (χ1v) is 11.0. The largest absolute Gasteiger partial charge is 0.348 e. The number of hydrogen-bond acceptors (Lipinski definition) is 6. The zero-order valence-electron chi connectivity index (χ0n) is 15.9. The molecule has 0 radical (unpaired) electrons. The molecule has 28 heavy (non-hydrogen) atoms. The Morgan fingerprint density at radius 2 is 1.86 bits per heavy atom. The molecule has 0 N–H and O–H groups in total. The number of halogens is 1. The first kappa shape index (κ1) is 17.9. The minimum Gasteiger partial charge on any atom is -0.348 e. The van der Waals surface area contributed by atoms with Gasteiger partial charge in [0.25, 0.3) is 0 Å². The summed E-state index contributed by atoms with van der Waals surface area (Å²) >= 11 is 1.65. The third-order valence-corrected chi connectivity index (χ3v) is 7.00. The van der Waals surface area contributed by atoms with Crippen LogP contribution in [0.2, 0.25) is 0 Å². The molecule has 2 aliphatic rings. The van der Waals surface area contributed by atoms with E-state index in [1.807, 2.05) is 6.07 Å². The summed E-state index contributed by atoms with van der Waals surface area (Å²) in [4.78, 5) is 18.0. The smallest absolute Gasteiger partial charge is 0.220 e. The molecule has 0 unspecified atom stereocenters. The average molecular weight is 398 g/mol. The van der Waals surface area contributed by atoms with E-state index in [9.17, 15) is 4.39 Å². The van der Waals surface area contributed by atoms with Crippen molar-refractivity contribution in [2.75, 3.05) is 31.1 Å². The van der Waals surface area contributed by atoms with Gasteiger partial charge >= 0.3 is 0 Å².